The first-order valence-electron chi connectivity index (χ1n) is 9.20. The Morgan fingerprint density at radius 1 is 1.30 bits per heavy atom. The zero-order valence-electron chi connectivity index (χ0n) is 15.1. The molecule has 6 nitrogen and oxygen atoms in total. The molecular formula is C21H20N4O2. The number of carbonyl (C=O) groups excluding carboxylic acids is 1. The molecule has 27 heavy (non-hydrogen) atoms. The molecule has 3 aromatic rings. The third-order valence-corrected chi connectivity index (χ3v) is 5.39. The van der Waals surface area contributed by atoms with Crippen LogP contribution in [0.3, 0.4) is 0 Å². The lowest BCUT2D eigenvalue weighted by molar-refractivity contribution is -0.120. The van der Waals surface area contributed by atoms with Crippen molar-refractivity contribution in [3.05, 3.63) is 70.9 Å². The summed E-state index contributed by atoms with van der Waals surface area (Å²) in [4.78, 5) is 17.4. The van der Waals surface area contributed by atoms with Gasteiger partial charge in [-0.25, -0.2) is 0 Å². The van der Waals surface area contributed by atoms with Crippen molar-refractivity contribution in [3.8, 4) is 0 Å². The Hall–Kier alpha value is -3.15. The molecule has 5 rings (SSSR count). The average Bonchev–Trinajstić information content (AvgIpc) is 3.38. The number of fused-ring (bicyclic) bond motifs is 2. The van der Waals surface area contributed by atoms with Crippen LogP contribution in [-0.2, 0) is 31.2 Å². The molecule has 1 atom stereocenters. The first kappa shape index (κ1) is 16.1. The summed E-state index contributed by atoms with van der Waals surface area (Å²) in [6.45, 7) is 0.663. The molecule has 1 aliphatic heterocycles. The first-order chi connectivity index (χ1) is 13.2. The molecule has 1 amide bonds. The standard InChI is InChI=1S/C21H20N4O2/c1-25-11-16-8-13(3-5-19(16)24-25)21(26)23-17-4-2-14-10-22-20(18(14)9-17)15-6-7-27-12-15/h2,4,6-7,9,11-13H,3,5,8,10H2,1H3,(H,23,26)/t13-/m0/s1. The second-order valence-corrected chi connectivity index (χ2v) is 7.25. The number of nitrogens with zero attached hydrogens (tertiary/aromatic N) is 3. The third-order valence-electron chi connectivity index (χ3n) is 5.39. The van der Waals surface area contributed by atoms with Crippen LogP contribution in [0.25, 0.3) is 0 Å². The number of carbonyl (C=O) groups is 1. The van der Waals surface area contributed by atoms with Crippen LogP contribution in [0.1, 0.15) is 34.4 Å². The summed E-state index contributed by atoms with van der Waals surface area (Å²) in [7, 11) is 1.93. The Labute approximate surface area is 156 Å². The molecule has 0 fully saturated rings. The summed E-state index contributed by atoms with van der Waals surface area (Å²) in [5.74, 6) is 0.0567. The minimum atomic E-state index is -0.0167. The predicted octanol–water partition coefficient (Wildman–Crippen LogP) is 3.11. The minimum absolute atomic E-state index is 0.0167. The van der Waals surface area contributed by atoms with E-state index in [9.17, 15) is 4.79 Å². The molecule has 0 radical (unpaired) electrons. The highest BCUT2D eigenvalue weighted by Crippen LogP contribution is 2.28. The summed E-state index contributed by atoms with van der Waals surface area (Å²) in [6, 6.07) is 7.93. The number of aliphatic imine (C=N–C) groups is 1. The van der Waals surface area contributed by atoms with Crippen molar-refractivity contribution in [3.63, 3.8) is 0 Å². The van der Waals surface area contributed by atoms with Crippen molar-refractivity contribution in [2.24, 2.45) is 18.0 Å². The second kappa shape index (κ2) is 6.23. The van der Waals surface area contributed by atoms with Gasteiger partial charge in [0.1, 0.15) is 0 Å². The summed E-state index contributed by atoms with van der Waals surface area (Å²) < 4.78 is 7.02. The third kappa shape index (κ3) is 2.87. The molecule has 2 aromatic heterocycles. The number of aromatic nitrogens is 2. The molecular weight excluding hydrogens is 340 g/mol. The van der Waals surface area contributed by atoms with Gasteiger partial charge >= 0.3 is 0 Å². The van der Waals surface area contributed by atoms with Crippen molar-refractivity contribution in [2.45, 2.75) is 25.8 Å². The van der Waals surface area contributed by atoms with Gasteiger partial charge in [0, 0.05) is 36.0 Å². The summed E-state index contributed by atoms with van der Waals surface area (Å²) in [6.07, 6.45) is 7.82. The minimum Gasteiger partial charge on any atom is -0.472 e. The number of nitrogens with one attached hydrogen (secondary N) is 1. The fraction of sp³-hybridized carbons (Fsp3) is 0.286. The van der Waals surface area contributed by atoms with Gasteiger partial charge in [0.2, 0.25) is 5.91 Å². The van der Waals surface area contributed by atoms with Gasteiger partial charge in [-0.1, -0.05) is 6.07 Å². The van der Waals surface area contributed by atoms with E-state index < -0.39 is 0 Å². The number of anilines is 1. The number of rotatable bonds is 3. The van der Waals surface area contributed by atoms with E-state index in [1.54, 1.807) is 12.5 Å². The SMILES string of the molecule is Cn1cc2c(n1)CC[C@H](C(=O)Nc1ccc3c(c1)C(c1ccoc1)=NC3)C2. The summed E-state index contributed by atoms with van der Waals surface area (Å²) in [5.41, 5.74) is 7.25. The zero-order chi connectivity index (χ0) is 18.4. The fourth-order valence-electron chi connectivity index (χ4n) is 4.02. The van der Waals surface area contributed by atoms with Crippen LogP contribution < -0.4 is 5.32 Å². The maximum absolute atomic E-state index is 12.8. The molecule has 0 bridgehead atoms. The molecule has 0 saturated heterocycles. The quantitative estimate of drug-likeness (QED) is 0.780. The van der Waals surface area contributed by atoms with Crippen molar-refractivity contribution in [1.29, 1.82) is 0 Å². The van der Waals surface area contributed by atoms with Gasteiger partial charge in [-0.3, -0.25) is 14.5 Å². The lowest BCUT2D eigenvalue weighted by Crippen LogP contribution is -2.28. The van der Waals surface area contributed by atoms with Crippen molar-refractivity contribution >= 4 is 17.3 Å². The highest BCUT2D eigenvalue weighted by molar-refractivity contribution is 6.15. The largest absolute Gasteiger partial charge is 0.472 e. The number of hydrogen-bond donors (Lipinski definition) is 1. The van der Waals surface area contributed by atoms with Crippen molar-refractivity contribution < 1.29 is 9.21 Å². The molecule has 3 heterocycles. The van der Waals surface area contributed by atoms with E-state index in [0.29, 0.717) is 6.54 Å². The van der Waals surface area contributed by atoms with E-state index in [-0.39, 0.29) is 11.8 Å². The van der Waals surface area contributed by atoms with Crippen LogP contribution in [-0.4, -0.2) is 21.4 Å². The van der Waals surface area contributed by atoms with E-state index in [0.717, 1.165) is 47.5 Å². The van der Waals surface area contributed by atoms with Gasteiger partial charge in [0.05, 0.1) is 30.5 Å². The van der Waals surface area contributed by atoms with Gasteiger partial charge in [-0.2, -0.15) is 5.10 Å². The van der Waals surface area contributed by atoms with Crippen LogP contribution in [0.4, 0.5) is 5.69 Å². The van der Waals surface area contributed by atoms with Crippen LogP contribution in [0.5, 0.6) is 0 Å². The van der Waals surface area contributed by atoms with E-state index in [2.05, 4.69) is 15.4 Å². The Morgan fingerprint density at radius 3 is 3.07 bits per heavy atom. The molecule has 136 valence electrons. The Bertz CT molecular complexity index is 1050. The number of benzene rings is 1. The van der Waals surface area contributed by atoms with Crippen molar-refractivity contribution in [2.75, 3.05) is 5.32 Å². The smallest absolute Gasteiger partial charge is 0.227 e. The van der Waals surface area contributed by atoms with Gasteiger partial charge in [-0.15, -0.1) is 0 Å². The van der Waals surface area contributed by atoms with Gasteiger partial charge in [-0.05, 0) is 48.6 Å². The molecule has 0 unspecified atom stereocenters. The Morgan fingerprint density at radius 2 is 2.22 bits per heavy atom. The Balaban J connectivity index is 1.34. The Kier molecular flexibility index (Phi) is 3.70. The number of hydrogen-bond acceptors (Lipinski definition) is 4. The maximum Gasteiger partial charge on any atom is 0.227 e. The molecule has 0 saturated carbocycles. The molecule has 0 spiro atoms. The monoisotopic (exact) mass is 360 g/mol. The van der Waals surface area contributed by atoms with Gasteiger partial charge in [0.25, 0.3) is 0 Å². The normalized spacial score (nSPS) is 18.0. The average molecular weight is 360 g/mol. The van der Waals surface area contributed by atoms with E-state index in [4.69, 9.17) is 4.42 Å². The van der Waals surface area contributed by atoms with Crippen LogP contribution in [0.15, 0.2) is 52.4 Å². The predicted molar refractivity (Wildman–Crippen MR) is 102 cm³/mol. The lowest BCUT2D eigenvalue weighted by atomic mass is 9.87. The molecule has 2 aliphatic rings. The number of aryl methyl sites for hydroxylation is 2. The van der Waals surface area contributed by atoms with Crippen molar-refractivity contribution in [1.82, 2.24) is 9.78 Å². The molecule has 6 heteroatoms. The highest BCUT2D eigenvalue weighted by Gasteiger charge is 2.27. The second-order valence-electron chi connectivity index (χ2n) is 7.25. The fourth-order valence-corrected chi connectivity index (χ4v) is 4.02. The van der Waals surface area contributed by atoms with E-state index in [1.807, 2.05) is 42.2 Å². The molecule has 1 aliphatic carbocycles. The zero-order valence-corrected chi connectivity index (χ0v) is 15.1. The summed E-state index contributed by atoms with van der Waals surface area (Å²) >= 11 is 0. The lowest BCUT2D eigenvalue weighted by Gasteiger charge is -2.20. The van der Waals surface area contributed by atoms with E-state index in [1.165, 1.54) is 11.1 Å². The molecule has 1 aromatic carbocycles. The number of furan rings is 1. The topological polar surface area (TPSA) is 72.4 Å². The van der Waals surface area contributed by atoms with E-state index >= 15 is 0 Å². The highest BCUT2D eigenvalue weighted by atomic mass is 16.3. The van der Waals surface area contributed by atoms with Crippen LogP contribution in [0.2, 0.25) is 0 Å². The van der Waals surface area contributed by atoms with Gasteiger partial charge in [0.15, 0.2) is 0 Å². The summed E-state index contributed by atoms with van der Waals surface area (Å²) in [5, 5.41) is 7.57. The molecule has 1 N–H and O–H groups in total. The number of amides is 1. The van der Waals surface area contributed by atoms with Crippen LogP contribution >= 0.6 is 0 Å². The van der Waals surface area contributed by atoms with Crippen LogP contribution in [0, 0.1) is 5.92 Å². The first-order valence-corrected chi connectivity index (χ1v) is 9.20. The van der Waals surface area contributed by atoms with Gasteiger partial charge < -0.3 is 9.73 Å². The maximum atomic E-state index is 12.8.